The van der Waals surface area contributed by atoms with Crippen LogP contribution in [0.1, 0.15) is 6.42 Å². The standard InChI is InChI=1S/C13H10O4/c14-9-7-10-11(15)5-3-1-2-4-6-13(17,8-9)12(10)16/h1-2,7,9,11,14-15,17H,8H2/b2-1+. The molecule has 2 aliphatic rings. The maximum absolute atomic E-state index is 11.9. The molecule has 0 saturated heterocycles. The molecule has 3 atom stereocenters. The lowest BCUT2D eigenvalue weighted by Gasteiger charge is -2.29. The molecule has 0 aromatic heterocycles. The molecule has 0 aromatic carbocycles. The molecule has 0 amide bonds. The third kappa shape index (κ3) is 2.15. The van der Waals surface area contributed by atoms with E-state index in [-0.39, 0.29) is 12.0 Å². The van der Waals surface area contributed by atoms with Crippen LogP contribution in [-0.4, -0.2) is 38.9 Å². The molecule has 2 rings (SSSR count). The number of aliphatic hydroxyl groups is 3. The highest BCUT2D eigenvalue weighted by Crippen LogP contribution is 2.26. The van der Waals surface area contributed by atoms with Crippen LogP contribution in [0.4, 0.5) is 0 Å². The van der Waals surface area contributed by atoms with E-state index in [1.165, 1.54) is 18.2 Å². The van der Waals surface area contributed by atoms with Gasteiger partial charge in [-0.3, -0.25) is 4.79 Å². The van der Waals surface area contributed by atoms with Gasteiger partial charge in [0, 0.05) is 12.0 Å². The van der Waals surface area contributed by atoms with Gasteiger partial charge in [0.05, 0.1) is 6.10 Å². The van der Waals surface area contributed by atoms with Gasteiger partial charge in [-0.05, 0) is 18.2 Å². The third-order valence-corrected chi connectivity index (χ3v) is 2.56. The van der Waals surface area contributed by atoms with Crippen molar-refractivity contribution < 1.29 is 20.1 Å². The van der Waals surface area contributed by atoms with Gasteiger partial charge in [0.2, 0.25) is 5.78 Å². The summed E-state index contributed by atoms with van der Waals surface area (Å²) in [5.41, 5.74) is -2.06. The Morgan fingerprint density at radius 2 is 2.00 bits per heavy atom. The topological polar surface area (TPSA) is 77.8 Å². The highest BCUT2D eigenvalue weighted by Gasteiger charge is 2.43. The number of allylic oxidation sites excluding steroid dienone is 2. The van der Waals surface area contributed by atoms with E-state index >= 15 is 0 Å². The van der Waals surface area contributed by atoms with Crippen LogP contribution in [0.5, 0.6) is 0 Å². The summed E-state index contributed by atoms with van der Waals surface area (Å²) in [6.45, 7) is 0. The van der Waals surface area contributed by atoms with Crippen LogP contribution in [0.2, 0.25) is 0 Å². The molecule has 4 heteroatoms. The minimum atomic E-state index is -1.95. The molecular weight excluding hydrogens is 220 g/mol. The first kappa shape index (κ1) is 11.6. The highest BCUT2D eigenvalue weighted by molar-refractivity contribution is 6.06. The van der Waals surface area contributed by atoms with Crippen molar-refractivity contribution in [1.29, 1.82) is 0 Å². The molecule has 3 unspecified atom stereocenters. The van der Waals surface area contributed by atoms with Crippen LogP contribution < -0.4 is 0 Å². The summed E-state index contributed by atoms with van der Waals surface area (Å²) in [6, 6.07) is 0. The molecule has 0 aromatic rings. The number of fused-ring (bicyclic) bond motifs is 2. The minimum absolute atomic E-state index is 0.108. The molecule has 0 aliphatic heterocycles. The number of hydrogen-bond donors (Lipinski definition) is 3. The molecule has 3 N–H and O–H groups in total. The van der Waals surface area contributed by atoms with Crippen molar-refractivity contribution in [3.05, 3.63) is 23.8 Å². The molecule has 17 heavy (non-hydrogen) atoms. The van der Waals surface area contributed by atoms with Gasteiger partial charge in [-0.1, -0.05) is 23.7 Å². The first-order valence-electron chi connectivity index (χ1n) is 5.07. The first-order valence-corrected chi connectivity index (χ1v) is 5.07. The van der Waals surface area contributed by atoms with Crippen molar-refractivity contribution in [2.24, 2.45) is 0 Å². The Labute approximate surface area is 98.3 Å². The number of carbonyl (C=O) groups is 1. The van der Waals surface area contributed by atoms with E-state index in [4.69, 9.17) is 0 Å². The lowest BCUT2D eigenvalue weighted by Crippen LogP contribution is -2.46. The Hall–Kier alpha value is -1.85. The minimum Gasteiger partial charge on any atom is -0.389 e. The average molecular weight is 230 g/mol. The number of aliphatic hydroxyl groups excluding tert-OH is 2. The van der Waals surface area contributed by atoms with Gasteiger partial charge < -0.3 is 15.3 Å². The lowest BCUT2D eigenvalue weighted by molar-refractivity contribution is -0.132. The molecule has 0 heterocycles. The van der Waals surface area contributed by atoms with E-state index in [2.05, 4.69) is 23.7 Å². The maximum Gasteiger partial charge on any atom is 0.206 e. The molecule has 2 aliphatic carbocycles. The molecule has 0 spiro atoms. The predicted octanol–water partition coefficient (Wildman–Crippen LogP) is -1.08. The van der Waals surface area contributed by atoms with E-state index in [1.807, 2.05) is 0 Å². The van der Waals surface area contributed by atoms with Gasteiger partial charge in [0.1, 0.15) is 6.10 Å². The fourth-order valence-electron chi connectivity index (χ4n) is 1.75. The zero-order valence-corrected chi connectivity index (χ0v) is 8.84. The Bertz CT molecular complexity index is 535. The largest absolute Gasteiger partial charge is 0.389 e. The van der Waals surface area contributed by atoms with Crippen molar-refractivity contribution in [2.75, 3.05) is 0 Å². The van der Waals surface area contributed by atoms with Crippen LogP contribution in [-0.2, 0) is 4.79 Å². The monoisotopic (exact) mass is 230 g/mol. The molecule has 2 bridgehead atoms. The van der Waals surface area contributed by atoms with Crippen LogP contribution in [0.3, 0.4) is 0 Å². The van der Waals surface area contributed by atoms with E-state index in [0.29, 0.717) is 0 Å². The van der Waals surface area contributed by atoms with Gasteiger partial charge in [-0.25, -0.2) is 0 Å². The van der Waals surface area contributed by atoms with Crippen LogP contribution >= 0.6 is 0 Å². The number of rotatable bonds is 0. The first-order chi connectivity index (χ1) is 8.03. The van der Waals surface area contributed by atoms with Gasteiger partial charge in [-0.2, -0.15) is 0 Å². The van der Waals surface area contributed by atoms with Crippen molar-refractivity contribution in [2.45, 2.75) is 24.2 Å². The summed E-state index contributed by atoms with van der Waals surface area (Å²) in [5, 5.41) is 29.3. The van der Waals surface area contributed by atoms with Crippen LogP contribution in [0.25, 0.3) is 0 Å². The van der Waals surface area contributed by atoms with Gasteiger partial charge in [0.15, 0.2) is 5.60 Å². The fourth-order valence-corrected chi connectivity index (χ4v) is 1.75. The Kier molecular flexibility index (Phi) is 2.87. The molecule has 0 saturated carbocycles. The second kappa shape index (κ2) is 4.20. The quantitative estimate of drug-likeness (QED) is 0.462. The van der Waals surface area contributed by atoms with E-state index < -0.39 is 23.6 Å². The van der Waals surface area contributed by atoms with E-state index in [0.717, 1.165) is 0 Å². The maximum atomic E-state index is 11.9. The molecule has 0 fully saturated rings. The fraction of sp³-hybridized carbons (Fsp3) is 0.308. The number of hydrogen-bond acceptors (Lipinski definition) is 4. The van der Waals surface area contributed by atoms with Crippen molar-refractivity contribution >= 4 is 5.78 Å². The molecular formula is C13H10O4. The molecule has 86 valence electrons. The second-order valence-corrected chi connectivity index (χ2v) is 3.88. The van der Waals surface area contributed by atoms with Crippen molar-refractivity contribution in [3.63, 3.8) is 0 Å². The van der Waals surface area contributed by atoms with Crippen molar-refractivity contribution in [1.82, 2.24) is 0 Å². The number of carbonyl (C=O) groups excluding carboxylic acids is 1. The molecule has 4 nitrogen and oxygen atoms in total. The predicted molar refractivity (Wildman–Crippen MR) is 59.4 cm³/mol. The summed E-state index contributed by atoms with van der Waals surface area (Å²) < 4.78 is 0. The summed E-state index contributed by atoms with van der Waals surface area (Å²) in [4.78, 5) is 11.9. The zero-order valence-electron chi connectivity index (χ0n) is 8.84. The van der Waals surface area contributed by atoms with Crippen molar-refractivity contribution in [3.8, 4) is 23.7 Å². The van der Waals surface area contributed by atoms with Crippen LogP contribution in [0.15, 0.2) is 23.8 Å². The lowest BCUT2D eigenvalue weighted by atomic mass is 9.80. The SMILES string of the molecule is O=C1C2=CC(O)CC1(O)C#C/C=C/C#CC2O. The van der Waals surface area contributed by atoms with Gasteiger partial charge in [0.25, 0.3) is 0 Å². The van der Waals surface area contributed by atoms with E-state index in [1.54, 1.807) is 0 Å². The average Bonchev–Trinajstić information content (AvgIpc) is 2.26. The Balaban J connectivity index is 2.57. The van der Waals surface area contributed by atoms with Gasteiger partial charge >= 0.3 is 0 Å². The number of Topliss-reactive ketones (excluding diaryl/α,β-unsaturated/α-hetero) is 1. The number of ketones is 1. The smallest absolute Gasteiger partial charge is 0.206 e. The summed E-state index contributed by atoms with van der Waals surface area (Å²) in [7, 11) is 0. The Morgan fingerprint density at radius 3 is 2.76 bits per heavy atom. The summed E-state index contributed by atoms with van der Waals surface area (Å²) in [6.07, 6.45) is 1.46. The Morgan fingerprint density at radius 1 is 1.29 bits per heavy atom. The van der Waals surface area contributed by atoms with Crippen LogP contribution in [0, 0.1) is 23.7 Å². The normalized spacial score (nSPS) is 36.9. The molecule has 0 radical (unpaired) electrons. The van der Waals surface area contributed by atoms with E-state index in [9.17, 15) is 20.1 Å². The summed E-state index contributed by atoms with van der Waals surface area (Å²) >= 11 is 0. The second-order valence-electron chi connectivity index (χ2n) is 3.88. The highest BCUT2D eigenvalue weighted by atomic mass is 16.3. The van der Waals surface area contributed by atoms with Gasteiger partial charge in [-0.15, -0.1) is 0 Å². The third-order valence-electron chi connectivity index (χ3n) is 2.56. The summed E-state index contributed by atoms with van der Waals surface area (Å²) in [5.74, 6) is 9.11. The zero-order chi connectivity index (χ0) is 12.5.